The number of hydrogen-bond donors (Lipinski definition) is 0. The number of benzene rings is 1. The Morgan fingerprint density at radius 3 is 2.56 bits per heavy atom. The highest BCUT2D eigenvalue weighted by molar-refractivity contribution is 5.79. The standard InChI is InChI=1S/C14H18N2O2/c1-10(15-18)13-8-14(17)16(9-13)11(2)12-6-4-3-5-7-12/h3-7,10-11,13H,8-9H2,1-2H3/t10?,11-,13+/m0/s1. The molecule has 1 amide bonds. The van der Waals surface area contributed by atoms with Crippen LogP contribution in [0.25, 0.3) is 0 Å². The highest BCUT2D eigenvalue weighted by Crippen LogP contribution is 2.30. The van der Waals surface area contributed by atoms with Gasteiger partial charge in [0, 0.05) is 18.9 Å². The van der Waals surface area contributed by atoms with Crippen LogP contribution in [0.4, 0.5) is 0 Å². The van der Waals surface area contributed by atoms with Crippen molar-refractivity contribution in [3.05, 3.63) is 40.8 Å². The highest BCUT2D eigenvalue weighted by Gasteiger charge is 2.36. The lowest BCUT2D eigenvalue weighted by Gasteiger charge is -2.25. The summed E-state index contributed by atoms with van der Waals surface area (Å²) in [5.74, 6) is 0.174. The van der Waals surface area contributed by atoms with Gasteiger partial charge in [0.2, 0.25) is 5.91 Å². The summed E-state index contributed by atoms with van der Waals surface area (Å²) in [6.07, 6.45) is 0.435. The van der Waals surface area contributed by atoms with Gasteiger partial charge >= 0.3 is 0 Å². The molecule has 0 radical (unpaired) electrons. The zero-order valence-electron chi connectivity index (χ0n) is 10.7. The van der Waals surface area contributed by atoms with Gasteiger partial charge in [-0.3, -0.25) is 4.79 Å². The Hall–Kier alpha value is -1.71. The van der Waals surface area contributed by atoms with E-state index in [1.807, 2.05) is 42.2 Å². The van der Waals surface area contributed by atoms with E-state index in [4.69, 9.17) is 0 Å². The summed E-state index contributed by atoms with van der Waals surface area (Å²) in [5, 5.41) is 3.04. The van der Waals surface area contributed by atoms with Crippen LogP contribution in [0.15, 0.2) is 35.5 Å². The maximum absolute atomic E-state index is 12.0. The molecule has 0 aromatic heterocycles. The van der Waals surface area contributed by atoms with Crippen LogP contribution in [0, 0.1) is 10.8 Å². The molecule has 1 aliphatic rings. The lowest BCUT2D eigenvalue weighted by Crippen LogP contribution is -2.29. The monoisotopic (exact) mass is 246 g/mol. The number of nitrogens with zero attached hydrogens (tertiary/aromatic N) is 2. The Labute approximate surface area is 107 Å². The second-order valence-corrected chi connectivity index (χ2v) is 4.94. The van der Waals surface area contributed by atoms with Gasteiger partial charge in [-0.15, -0.1) is 0 Å². The van der Waals surface area contributed by atoms with Gasteiger partial charge in [-0.05, 0) is 19.4 Å². The first-order valence-corrected chi connectivity index (χ1v) is 6.30. The number of carbonyl (C=O) groups excluding carboxylic acids is 1. The number of rotatable bonds is 4. The molecule has 0 bridgehead atoms. The highest BCUT2D eigenvalue weighted by atomic mass is 16.3. The maximum atomic E-state index is 12.0. The van der Waals surface area contributed by atoms with Gasteiger partial charge in [0.25, 0.3) is 0 Å². The molecule has 4 nitrogen and oxygen atoms in total. The van der Waals surface area contributed by atoms with E-state index in [9.17, 15) is 9.70 Å². The Bertz CT molecular complexity index is 433. The van der Waals surface area contributed by atoms with Gasteiger partial charge in [-0.1, -0.05) is 35.5 Å². The molecule has 1 unspecified atom stereocenters. The first kappa shape index (κ1) is 12.7. The van der Waals surface area contributed by atoms with Crippen molar-refractivity contribution >= 4 is 5.91 Å². The van der Waals surface area contributed by atoms with E-state index in [1.165, 1.54) is 0 Å². The van der Waals surface area contributed by atoms with Gasteiger partial charge in [-0.2, -0.15) is 4.91 Å². The van der Waals surface area contributed by atoms with E-state index in [1.54, 1.807) is 6.92 Å². The summed E-state index contributed by atoms with van der Waals surface area (Å²) in [6.45, 7) is 4.43. The van der Waals surface area contributed by atoms with Crippen molar-refractivity contribution in [3.8, 4) is 0 Å². The van der Waals surface area contributed by atoms with E-state index < -0.39 is 0 Å². The van der Waals surface area contributed by atoms with Gasteiger partial charge < -0.3 is 4.90 Å². The van der Waals surface area contributed by atoms with Crippen LogP contribution < -0.4 is 0 Å². The quantitative estimate of drug-likeness (QED) is 0.767. The molecule has 1 aromatic carbocycles. The number of carbonyl (C=O) groups is 1. The molecule has 2 rings (SSSR count). The summed E-state index contributed by atoms with van der Waals surface area (Å²) in [7, 11) is 0. The molecule has 0 spiro atoms. The SMILES string of the molecule is CC(N=O)[C@@H]1CC(=O)N([C@@H](C)c2ccccc2)C1. The smallest absolute Gasteiger partial charge is 0.223 e. The number of likely N-dealkylation sites (tertiary alicyclic amines) is 1. The van der Waals surface area contributed by atoms with Crippen LogP contribution in [0.3, 0.4) is 0 Å². The van der Waals surface area contributed by atoms with Crippen LogP contribution in [0.2, 0.25) is 0 Å². The predicted molar refractivity (Wildman–Crippen MR) is 69.9 cm³/mol. The van der Waals surface area contributed by atoms with Crippen LogP contribution in [0.1, 0.15) is 31.9 Å². The molecule has 0 N–H and O–H groups in total. The van der Waals surface area contributed by atoms with E-state index in [2.05, 4.69) is 5.18 Å². The summed E-state index contributed by atoms with van der Waals surface area (Å²) in [6, 6.07) is 9.71. The minimum atomic E-state index is -0.290. The fourth-order valence-corrected chi connectivity index (χ4v) is 2.46. The number of hydrogen-bond acceptors (Lipinski definition) is 3. The van der Waals surface area contributed by atoms with Crippen LogP contribution in [-0.4, -0.2) is 23.4 Å². The van der Waals surface area contributed by atoms with Crippen molar-refractivity contribution in [3.63, 3.8) is 0 Å². The molecule has 1 heterocycles. The normalized spacial score (nSPS) is 22.9. The molecule has 0 aliphatic carbocycles. The lowest BCUT2D eigenvalue weighted by atomic mass is 10.0. The summed E-state index contributed by atoms with van der Waals surface area (Å²) >= 11 is 0. The van der Waals surface area contributed by atoms with E-state index in [-0.39, 0.29) is 23.9 Å². The second kappa shape index (κ2) is 5.29. The Morgan fingerprint density at radius 1 is 1.28 bits per heavy atom. The summed E-state index contributed by atoms with van der Waals surface area (Å²) in [5.41, 5.74) is 1.12. The predicted octanol–water partition coefficient (Wildman–Crippen LogP) is 2.75. The molecule has 4 heteroatoms. The first-order valence-electron chi connectivity index (χ1n) is 6.30. The van der Waals surface area contributed by atoms with Crippen LogP contribution in [0.5, 0.6) is 0 Å². The zero-order chi connectivity index (χ0) is 13.1. The van der Waals surface area contributed by atoms with Gasteiger partial charge in [-0.25, -0.2) is 0 Å². The fourth-order valence-electron chi connectivity index (χ4n) is 2.46. The first-order chi connectivity index (χ1) is 8.63. The average molecular weight is 246 g/mol. The molecule has 1 aromatic rings. The topological polar surface area (TPSA) is 49.7 Å². The lowest BCUT2D eigenvalue weighted by molar-refractivity contribution is -0.129. The minimum absolute atomic E-state index is 0.0566. The molecule has 96 valence electrons. The van der Waals surface area contributed by atoms with E-state index in [0.717, 1.165) is 5.56 Å². The molecule has 18 heavy (non-hydrogen) atoms. The fraction of sp³-hybridized carbons (Fsp3) is 0.500. The molecule has 1 saturated heterocycles. The largest absolute Gasteiger partial charge is 0.336 e. The van der Waals surface area contributed by atoms with Crippen molar-refractivity contribution < 1.29 is 4.79 Å². The zero-order valence-corrected chi connectivity index (χ0v) is 10.7. The van der Waals surface area contributed by atoms with Crippen molar-refractivity contribution in [2.24, 2.45) is 11.1 Å². The third-order valence-corrected chi connectivity index (χ3v) is 3.79. The Balaban J connectivity index is 2.10. The van der Waals surface area contributed by atoms with Crippen molar-refractivity contribution in [1.82, 2.24) is 4.90 Å². The van der Waals surface area contributed by atoms with Gasteiger partial charge in [0.15, 0.2) is 0 Å². The molecular weight excluding hydrogens is 228 g/mol. The molecule has 1 aliphatic heterocycles. The second-order valence-electron chi connectivity index (χ2n) is 4.94. The van der Waals surface area contributed by atoms with Gasteiger partial charge in [0.1, 0.15) is 0 Å². The van der Waals surface area contributed by atoms with Crippen LogP contribution >= 0.6 is 0 Å². The molecule has 1 fully saturated rings. The third-order valence-electron chi connectivity index (χ3n) is 3.79. The van der Waals surface area contributed by atoms with Gasteiger partial charge in [0.05, 0.1) is 12.1 Å². The molecule has 0 saturated carbocycles. The Morgan fingerprint density at radius 2 is 1.94 bits per heavy atom. The van der Waals surface area contributed by atoms with E-state index in [0.29, 0.717) is 13.0 Å². The summed E-state index contributed by atoms with van der Waals surface area (Å²) < 4.78 is 0. The minimum Gasteiger partial charge on any atom is -0.336 e. The average Bonchev–Trinajstić information content (AvgIpc) is 2.80. The Kier molecular flexibility index (Phi) is 3.75. The van der Waals surface area contributed by atoms with Crippen LogP contribution in [-0.2, 0) is 4.79 Å². The van der Waals surface area contributed by atoms with Crippen molar-refractivity contribution in [2.45, 2.75) is 32.4 Å². The molecular formula is C14H18N2O2. The third kappa shape index (κ3) is 2.42. The maximum Gasteiger partial charge on any atom is 0.223 e. The number of amides is 1. The van der Waals surface area contributed by atoms with E-state index >= 15 is 0 Å². The van der Waals surface area contributed by atoms with Crippen molar-refractivity contribution in [2.75, 3.05) is 6.54 Å². The molecule has 3 atom stereocenters. The number of nitroso groups, excluding NO2 is 1. The summed E-state index contributed by atoms with van der Waals surface area (Å²) in [4.78, 5) is 24.4. The van der Waals surface area contributed by atoms with Crippen molar-refractivity contribution in [1.29, 1.82) is 0 Å².